The molecular formula is C13H18BrN3O2. The van der Waals surface area contributed by atoms with Crippen molar-refractivity contribution in [1.82, 2.24) is 14.4 Å². The minimum atomic E-state index is -0.323. The Balaban J connectivity index is 2.23. The summed E-state index contributed by atoms with van der Waals surface area (Å²) in [4.78, 5) is 27.9. The molecule has 1 aromatic rings. The Labute approximate surface area is 121 Å². The summed E-state index contributed by atoms with van der Waals surface area (Å²) in [5.74, 6) is -0.0787. The number of hydrogen-bond acceptors (Lipinski definition) is 2. The molecule has 0 spiro atoms. The lowest BCUT2D eigenvalue weighted by Crippen LogP contribution is -2.45. The minimum absolute atomic E-state index is 0.000810. The quantitative estimate of drug-likeness (QED) is 0.826. The highest BCUT2D eigenvalue weighted by atomic mass is 79.9. The summed E-state index contributed by atoms with van der Waals surface area (Å²) in [6, 6.07) is 1.47. The van der Waals surface area contributed by atoms with Crippen LogP contribution in [0, 0.1) is 0 Å². The highest BCUT2D eigenvalue weighted by Gasteiger charge is 2.36. The Kier molecular flexibility index (Phi) is 3.99. The van der Waals surface area contributed by atoms with Crippen LogP contribution < -0.4 is 0 Å². The van der Waals surface area contributed by atoms with Crippen LogP contribution in [0.4, 0.5) is 0 Å². The maximum absolute atomic E-state index is 12.5. The summed E-state index contributed by atoms with van der Waals surface area (Å²) in [6.07, 6.45) is 3.46. The summed E-state index contributed by atoms with van der Waals surface area (Å²) >= 11 is 3.36. The lowest BCUT2D eigenvalue weighted by Gasteiger charge is -2.26. The fraction of sp³-hybridized carbons (Fsp3) is 0.538. The summed E-state index contributed by atoms with van der Waals surface area (Å²) in [5, 5.41) is 0. The zero-order valence-electron chi connectivity index (χ0n) is 11.4. The van der Waals surface area contributed by atoms with E-state index >= 15 is 0 Å². The smallest absolute Gasteiger partial charge is 0.271 e. The fourth-order valence-corrected chi connectivity index (χ4v) is 2.97. The molecule has 1 atom stereocenters. The molecule has 0 saturated carbocycles. The van der Waals surface area contributed by atoms with Gasteiger partial charge in [0.25, 0.3) is 5.91 Å². The largest absolute Gasteiger partial charge is 0.347 e. The minimum Gasteiger partial charge on any atom is -0.347 e. The van der Waals surface area contributed by atoms with Crippen LogP contribution in [0.5, 0.6) is 0 Å². The first kappa shape index (κ1) is 14.1. The van der Waals surface area contributed by atoms with Gasteiger partial charge in [-0.2, -0.15) is 0 Å². The van der Waals surface area contributed by atoms with Crippen LogP contribution in [0.25, 0.3) is 0 Å². The first-order valence-electron chi connectivity index (χ1n) is 6.26. The SMILES string of the molecule is CN(C)C(=O)C1CCCN1C(=O)c1cc(Br)cn1C. The zero-order valence-corrected chi connectivity index (χ0v) is 13.0. The number of aromatic nitrogens is 1. The molecule has 2 rings (SSSR count). The van der Waals surface area contributed by atoms with Gasteiger partial charge < -0.3 is 14.4 Å². The molecule has 19 heavy (non-hydrogen) atoms. The third-order valence-corrected chi connectivity index (χ3v) is 3.86. The van der Waals surface area contributed by atoms with E-state index in [1.807, 2.05) is 13.2 Å². The molecule has 1 unspecified atom stereocenters. The second-order valence-corrected chi connectivity index (χ2v) is 5.96. The standard InChI is InChI=1S/C13H18BrN3O2/c1-15(2)12(18)10-5-4-6-17(10)13(19)11-7-9(14)8-16(11)3/h7-8,10H,4-6H2,1-3H3. The second-order valence-electron chi connectivity index (χ2n) is 5.04. The summed E-state index contributed by atoms with van der Waals surface area (Å²) in [6.45, 7) is 0.645. The number of aryl methyl sites for hydroxylation is 1. The number of nitrogens with zero attached hydrogens (tertiary/aromatic N) is 3. The molecule has 0 aromatic carbocycles. The van der Waals surface area contributed by atoms with Crippen molar-refractivity contribution in [1.29, 1.82) is 0 Å². The number of halogens is 1. The number of rotatable bonds is 2. The summed E-state index contributed by atoms with van der Waals surface area (Å²) in [7, 11) is 5.28. The van der Waals surface area contributed by atoms with Crippen molar-refractivity contribution < 1.29 is 9.59 Å². The molecule has 0 radical (unpaired) electrons. The molecule has 5 nitrogen and oxygen atoms in total. The first-order chi connectivity index (χ1) is 8.91. The van der Waals surface area contributed by atoms with Gasteiger partial charge in [-0.3, -0.25) is 9.59 Å². The highest BCUT2D eigenvalue weighted by molar-refractivity contribution is 9.10. The normalized spacial score (nSPS) is 18.7. The van der Waals surface area contributed by atoms with E-state index in [1.165, 1.54) is 0 Å². The van der Waals surface area contributed by atoms with E-state index in [-0.39, 0.29) is 17.9 Å². The van der Waals surface area contributed by atoms with Gasteiger partial charge in [0.2, 0.25) is 5.91 Å². The molecule has 1 aliphatic rings. The molecule has 0 aliphatic carbocycles. The van der Waals surface area contributed by atoms with Crippen LogP contribution >= 0.6 is 15.9 Å². The Hall–Kier alpha value is -1.30. The number of carbonyl (C=O) groups is 2. The van der Waals surface area contributed by atoms with Crippen molar-refractivity contribution in [3.8, 4) is 0 Å². The van der Waals surface area contributed by atoms with Crippen LogP contribution in [0.2, 0.25) is 0 Å². The van der Waals surface area contributed by atoms with Crippen molar-refractivity contribution in [2.24, 2.45) is 7.05 Å². The van der Waals surface area contributed by atoms with Gasteiger partial charge in [0.1, 0.15) is 11.7 Å². The highest BCUT2D eigenvalue weighted by Crippen LogP contribution is 2.23. The van der Waals surface area contributed by atoms with E-state index in [0.29, 0.717) is 12.2 Å². The Morgan fingerprint density at radius 1 is 1.42 bits per heavy atom. The van der Waals surface area contributed by atoms with Crippen LogP contribution in [0.15, 0.2) is 16.7 Å². The van der Waals surface area contributed by atoms with E-state index in [4.69, 9.17) is 0 Å². The van der Waals surface area contributed by atoms with E-state index in [9.17, 15) is 9.59 Å². The third kappa shape index (κ3) is 2.68. The van der Waals surface area contributed by atoms with Gasteiger partial charge in [0.15, 0.2) is 0 Å². The zero-order chi connectivity index (χ0) is 14.2. The van der Waals surface area contributed by atoms with Gasteiger partial charge in [-0.15, -0.1) is 0 Å². The topological polar surface area (TPSA) is 45.6 Å². The molecule has 104 valence electrons. The Morgan fingerprint density at radius 2 is 2.11 bits per heavy atom. The molecule has 0 N–H and O–H groups in total. The number of likely N-dealkylation sites (tertiary alicyclic amines) is 1. The number of hydrogen-bond donors (Lipinski definition) is 0. The van der Waals surface area contributed by atoms with Crippen molar-refractivity contribution in [2.45, 2.75) is 18.9 Å². The Morgan fingerprint density at radius 3 is 2.63 bits per heavy atom. The molecule has 1 fully saturated rings. The summed E-state index contributed by atoms with van der Waals surface area (Å²) < 4.78 is 2.65. The van der Waals surface area contributed by atoms with E-state index in [1.54, 1.807) is 34.5 Å². The molecule has 1 aliphatic heterocycles. The molecule has 0 bridgehead atoms. The van der Waals surface area contributed by atoms with E-state index in [0.717, 1.165) is 17.3 Å². The average molecular weight is 328 g/mol. The van der Waals surface area contributed by atoms with Crippen molar-refractivity contribution in [3.63, 3.8) is 0 Å². The maximum Gasteiger partial charge on any atom is 0.271 e. The molecule has 1 aromatic heterocycles. The van der Waals surface area contributed by atoms with Crippen LogP contribution in [-0.4, -0.2) is 52.9 Å². The maximum atomic E-state index is 12.5. The van der Waals surface area contributed by atoms with Gasteiger partial charge in [-0.1, -0.05) is 0 Å². The van der Waals surface area contributed by atoms with Gasteiger partial charge in [-0.05, 0) is 34.8 Å². The number of carbonyl (C=O) groups excluding carboxylic acids is 2. The van der Waals surface area contributed by atoms with Crippen LogP contribution in [0.3, 0.4) is 0 Å². The fourth-order valence-electron chi connectivity index (χ4n) is 2.45. The van der Waals surface area contributed by atoms with Crippen LogP contribution in [-0.2, 0) is 11.8 Å². The third-order valence-electron chi connectivity index (χ3n) is 3.43. The monoisotopic (exact) mass is 327 g/mol. The number of likely N-dealkylation sites (N-methyl/N-ethyl adjacent to an activating group) is 1. The van der Waals surface area contributed by atoms with E-state index in [2.05, 4.69) is 15.9 Å². The van der Waals surface area contributed by atoms with Gasteiger partial charge in [0, 0.05) is 38.4 Å². The predicted molar refractivity (Wildman–Crippen MR) is 75.9 cm³/mol. The lowest BCUT2D eigenvalue weighted by atomic mass is 10.2. The summed E-state index contributed by atoms with van der Waals surface area (Å²) in [5.41, 5.74) is 0.602. The van der Waals surface area contributed by atoms with Gasteiger partial charge in [-0.25, -0.2) is 0 Å². The van der Waals surface area contributed by atoms with Crippen molar-refractivity contribution in [3.05, 3.63) is 22.4 Å². The average Bonchev–Trinajstić information content (AvgIpc) is 2.93. The van der Waals surface area contributed by atoms with Gasteiger partial charge in [0.05, 0.1) is 0 Å². The molecular weight excluding hydrogens is 310 g/mol. The number of amides is 2. The predicted octanol–water partition coefficient (Wildman–Crippen LogP) is 1.48. The molecule has 2 heterocycles. The lowest BCUT2D eigenvalue weighted by molar-refractivity contribution is -0.132. The molecule has 1 saturated heterocycles. The van der Waals surface area contributed by atoms with E-state index < -0.39 is 0 Å². The van der Waals surface area contributed by atoms with Gasteiger partial charge >= 0.3 is 0 Å². The van der Waals surface area contributed by atoms with Crippen molar-refractivity contribution >= 4 is 27.7 Å². The first-order valence-corrected chi connectivity index (χ1v) is 7.05. The Bertz CT molecular complexity index is 510. The second kappa shape index (κ2) is 5.36. The molecule has 6 heteroatoms. The van der Waals surface area contributed by atoms with Crippen molar-refractivity contribution in [2.75, 3.05) is 20.6 Å². The van der Waals surface area contributed by atoms with Crippen LogP contribution in [0.1, 0.15) is 23.3 Å². The molecule has 2 amide bonds.